The number of piperidine rings is 1. The van der Waals surface area contributed by atoms with Crippen molar-refractivity contribution in [2.24, 2.45) is 0 Å². The molecule has 1 aliphatic heterocycles. The van der Waals surface area contributed by atoms with Crippen LogP contribution in [-0.2, 0) is 4.74 Å². The highest BCUT2D eigenvalue weighted by Crippen LogP contribution is 2.30. The second-order valence-corrected chi connectivity index (χ2v) is 5.76. The molecule has 7 heteroatoms. The van der Waals surface area contributed by atoms with E-state index < -0.39 is 0 Å². The summed E-state index contributed by atoms with van der Waals surface area (Å²) in [6.45, 7) is 3.47. The van der Waals surface area contributed by atoms with Crippen LogP contribution in [0.3, 0.4) is 0 Å². The molecule has 2 aliphatic rings. The second kappa shape index (κ2) is 6.43. The molecule has 0 atom stereocenters. The van der Waals surface area contributed by atoms with E-state index in [1.165, 1.54) is 32.1 Å². The first-order valence-corrected chi connectivity index (χ1v) is 7.80. The number of anilines is 3. The topological polar surface area (TPSA) is 80.4 Å². The number of aromatic nitrogens is 3. The van der Waals surface area contributed by atoms with Crippen LogP contribution in [0.15, 0.2) is 0 Å². The highest BCUT2D eigenvalue weighted by Gasteiger charge is 2.31. The summed E-state index contributed by atoms with van der Waals surface area (Å²) < 4.78 is 5.19. The maximum atomic E-state index is 5.91. The first-order valence-electron chi connectivity index (χ1n) is 7.80. The summed E-state index contributed by atoms with van der Waals surface area (Å²) >= 11 is 0. The minimum atomic E-state index is 0.309. The van der Waals surface area contributed by atoms with Crippen molar-refractivity contribution < 1.29 is 4.74 Å². The number of nitrogens with zero attached hydrogens (tertiary/aromatic N) is 5. The quantitative estimate of drug-likeness (QED) is 0.839. The predicted octanol–water partition coefficient (Wildman–Crippen LogP) is 1.06. The molecule has 1 saturated heterocycles. The summed E-state index contributed by atoms with van der Waals surface area (Å²) in [7, 11) is 1.71. The van der Waals surface area contributed by atoms with Crippen molar-refractivity contribution in [2.75, 3.05) is 48.9 Å². The van der Waals surface area contributed by atoms with E-state index in [1.54, 1.807) is 7.11 Å². The van der Waals surface area contributed by atoms with Crippen LogP contribution in [0.2, 0.25) is 0 Å². The van der Waals surface area contributed by atoms with Gasteiger partial charge >= 0.3 is 0 Å². The van der Waals surface area contributed by atoms with E-state index in [-0.39, 0.29) is 0 Å². The largest absolute Gasteiger partial charge is 0.383 e. The molecule has 7 nitrogen and oxygen atoms in total. The highest BCUT2D eigenvalue weighted by atomic mass is 16.5. The van der Waals surface area contributed by atoms with Crippen molar-refractivity contribution in [3.05, 3.63) is 0 Å². The molecular formula is C14H24N6O. The summed E-state index contributed by atoms with van der Waals surface area (Å²) in [5, 5.41) is 0. The number of rotatable bonds is 6. The summed E-state index contributed by atoms with van der Waals surface area (Å²) in [6.07, 6.45) is 6.04. The van der Waals surface area contributed by atoms with Crippen LogP contribution in [0.4, 0.5) is 17.8 Å². The molecule has 0 amide bonds. The number of nitrogens with two attached hydrogens (primary N) is 1. The lowest BCUT2D eigenvalue weighted by Gasteiger charge is -2.28. The predicted molar refractivity (Wildman–Crippen MR) is 82.5 cm³/mol. The third-order valence-electron chi connectivity index (χ3n) is 4.05. The number of hydrogen-bond donors (Lipinski definition) is 1. The van der Waals surface area contributed by atoms with Gasteiger partial charge < -0.3 is 20.3 Å². The Hall–Kier alpha value is -1.63. The average molecular weight is 292 g/mol. The van der Waals surface area contributed by atoms with E-state index in [0.29, 0.717) is 24.5 Å². The van der Waals surface area contributed by atoms with Gasteiger partial charge in [-0.05, 0) is 32.1 Å². The monoisotopic (exact) mass is 292 g/mol. The maximum absolute atomic E-state index is 5.91. The van der Waals surface area contributed by atoms with Gasteiger partial charge in [-0.25, -0.2) is 0 Å². The lowest BCUT2D eigenvalue weighted by molar-refractivity contribution is 0.204. The molecule has 21 heavy (non-hydrogen) atoms. The van der Waals surface area contributed by atoms with Crippen LogP contribution < -0.4 is 15.5 Å². The third-order valence-corrected chi connectivity index (χ3v) is 4.05. The fraction of sp³-hybridized carbons (Fsp3) is 0.786. The zero-order valence-corrected chi connectivity index (χ0v) is 12.7. The number of hydrogen-bond acceptors (Lipinski definition) is 7. The zero-order chi connectivity index (χ0) is 14.7. The Labute approximate surface area is 125 Å². The molecule has 0 spiro atoms. The summed E-state index contributed by atoms with van der Waals surface area (Å²) in [5.74, 6) is 1.73. The second-order valence-electron chi connectivity index (χ2n) is 5.76. The van der Waals surface area contributed by atoms with E-state index in [9.17, 15) is 0 Å². The molecule has 1 aromatic rings. The van der Waals surface area contributed by atoms with Crippen molar-refractivity contribution in [3.8, 4) is 0 Å². The highest BCUT2D eigenvalue weighted by molar-refractivity contribution is 5.45. The Morgan fingerprint density at radius 1 is 1.19 bits per heavy atom. The van der Waals surface area contributed by atoms with Gasteiger partial charge in [0, 0.05) is 32.8 Å². The summed E-state index contributed by atoms with van der Waals surface area (Å²) in [6, 6.07) is 0.524. The average Bonchev–Trinajstić information content (AvgIpc) is 3.33. The SMILES string of the molecule is COCCN(c1nc(N)nc(N2CCCCC2)n1)C1CC1. The summed E-state index contributed by atoms with van der Waals surface area (Å²) in [4.78, 5) is 17.7. The Balaban J connectivity index is 1.81. The maximum Gasteiger partial charge on any atom is 0.232 e. The molecule has 0 unspecified atom stereocenters. The molecule has 1 saturated carbocycles. The molecular weight excluding hydrogens is 268 g/mol. The lowest BCUT2D eigenvalue weighted by Crippen LogP contribution is -2.34. The van der Waals surface area contributed by atoms with Gasteiger partial charge in [0.05, 0.1) is 6.61 Å². The molecule has 3 rings (SSSR count). The van der Waals surface area contributed by atoms with Gasteiger partial charge in [-0.3, -0.25) is 0 Å². The molecule has 0 aromatic carbocycles. The Bertz CT molecular complexity index is 473. The van der Waals surface area contributed by atoms with E-state index in [4.69, 9.17) is 10.5 Å². The Kier molecular flexibility index (Phi) is 4.38. The van der Waals surface area contributed by atoms with Gasteiger partial charge in [0.2, 0.25) is 17.8 Å². The van der Waals surface area contributed by atoms with Crippen LogP contribution in [0, 0.1) is 0 Å². The number of nitrogen functional groups attached to an aromatic ring is 1. The molecule has 1 aliphatic carbocycles. The van der Waals surface area contributed by atoms with Gasteiger partial charge in [0.1, 0.15) is 0 Å². The molecule has 2 N–H and O–H groups in total. The Morgan fingerprint density at radius 2 is 1.95 bits per heavy atom. The van der Waals surface area contributed by atoms with Gasteiger partial charge in [-0.15, -0.1) is 0 Å². The van der Waals surface area contributed by atoms with Crippen LogP contribution >= 0.6 is 0 Å². The summed E-state index contributed by atoms with van der Waals surface area (Å²) in [5.41, 5.74) is 5.91. The molecule has 2 heterocycles. The minimum absolute atomic E-state index is 0.309. The Morgan fingerprint density at radius 3 is 2.62 bits per heavy atom. The fourth-order valence-corrected chi connectivity index (χ4v) is 2.75. The van der Waals surface area contributed by atoms with Crippen LogP contribution in [0.5, 0.6) is 0 Å². The van der Waals surface area contributed by atoms with E-state index >= 15 is 0 Å². The standard InChI is InChI=1S/C14H24N6O/c1-21-10-9-20(11-5-6-11)14-17-12(15)16-13(18-14)19-7-3-2-4-8-19/h11H,2-10H2,1H3,(H2,15,16,17,18). The lowest BCUT2D eigenvalue weighted by atomic mass is 10.1. The van der Waals surface area contributed by atoms with E-state index in [2.05, 4.69) is 24.8 Å². The smallest absolute Gasteiger partial charge is 0.232 e. The van der Waals surface area contributed by atoms with Crippen molar-refractivity contribution in [1.82, 2.24) is 15.0 Å². The van der Waals surface area contributed by atoms with E-state index in [0.717, 1.165) is 25.6 Å². The minimum Gasteiger partial charge on any atom is -0.383 e. The molecule has 1 aromatic heterocycles. The van der Waals surface area contributed by atoms with Crippen molar-refractivity contribution in [2.45, 2.75) is 38.1 Å². The molecule has 2 fully saturated rings. The first-order chi connectivity index (χ1) is 10.3. The molecule has 0 bridgehead atoms. The van der Waals surface area contributed by atoms with Gasteiger partial charge in [0.15, 0.2) is 0 Å². The van der Waals surface area contributed by atoms with E-state index in [1.807, 2.05) is 0 Å². The third kappa shape index (κ3) is 3.53. The van der Waals surface area contributed by atoms with Gasteiger partial charge in [0.25, 0.3) is 0 Å². The van der Waals surface area contributed by atoms with Crippen LogP contribution in [-0.4, -0.2) is 54.3 Å². The van der Waals surface area contributed by atoms with Crippen molar-refractivity contribution >= 4 is 17.8 Å². The normalized spacial score (nSPS) is 18.8. The zero-order valence-electron chi connectivity index (χ0n) is 12.7. The fourth-order valence-electron chi connectivity index (χ4n) is 2.75. The molecule has 116 valence electrons. The van der Waals surface area contributed by atoms with Gasteiger partial charge in [-0.2, -0.15) is 15.0 Å². The van der Waals surface area contributed by atoms with Crippen LogP contribution in [0.25, 0.3) is 0 Å². The number of ether oxygens (including phenoxy) is 1. The van der Waals surface area contributed by atoms with Crippen LogP contribution in [0.1, 0.15) is 32.1 Å². The van der Waals surface area contributed by atoms with Gasteiger partial charge in [-0.1, -0.05) is 0 Å². The first kappa shape index (κ1) is 14.3. The van der Waals surface area contributed by atoms with Crippen molar-refractivity contribution in [1.29, 1.82) is 0 Å². The molecule has 0 radical (unpaired) electrons. The van der Waals surface area contributed by atoms with Crippen molar-refractivity contribution in [3.63, 3.8) is 0 Å². The number of methoxy groups -OCH3 is 1.